The summed E-state index contributed by atoms with van der Waals surface area (Å²) in [6.45, 7) is 8.95. The molecule has 8 nitrogen and oxygen atoms in total. The highest BCUT2D eigenvalue weighted by atomic mass is 16.2. The minimum absolute atomic E-state index is 0.0659. The smallest absolute Gasteiger partial charge is 0.317 e. The van der Waals surface area contributed by atoms with Gasteiger partial charge in [-0.1, -0.05) is 30.5 Å². The number of carbonyl (C=O) groups is 1. The van der Waals surface area contributed by atoms with E-state index in [9.17, 15) is 4.79 Å². The second-order valence-electron chi connectivity index (χ2n) is 9.07. The van der Waals surface area contributed by atoms with E-state index in [1.54, 1.807) is 0 Å². The highest BCUT2D eigenvalue weighted by molar-refractivity contribution is 5.92. The zero-order valence-electron chi connectivity index (χ0n) is 19.1. The number of aromatic nitrogens is 4. The zero-order valence-corrected chi connectivity index (χ0v) is 19.1. The highest BCUT2D eigenvalue weighted by Crippen LogP contribution is 2.30. The van der Waals surface area contributed by atoms with E-state index in [0.29, 0.717) is 19.1 Å². The minimum Gasteiger partial charge on any atom is -0.350 e. The van der Waals surface area contributed by atoms with Gasteiger partial charge in [0, 0.05) is 32.2 Å². The first-order valence-corrected chi connectivity index (χ1v) is 11.6. The first kappa shape index (κ1) is 20.7. The third kappa shape index (κ3) is 3.78. The van der Waals surface area contributed by atoms with Crippen molar-refractivity contribution in [2.24, 2.45) is 0 Å². The standard InChI is InChI=1S/C24H31N7O/c1-16-8-10-20(11-9-16)31-18(3)21-17(2)26-27-23(22(21)28-31)29-12-14-30(15-13-29)24(32)25-19-6-4-5-7-19/h8-11,19H,4-7,12-15H2,1-3H3,(H,25,32). The number of anilines is 1. The molecule has 8 heteroatoms. The lowest BCUT2D eigenvalue weighted by atomic mass is 10.2. The van der Waals surface area contributed by atoms with Crippen LogP contribution in [-0.4, -0.2) is 63.1 Å². The van der Waals surface area contributed by atoms with Crippen molar-refractivity contribution in [3.05, 3.63) is 41.2 Å². The maximum absolute atomic E-state index is 12.6. The molecule has 1 saturated heterocycles. The lowest BCUT2D eigenvalue weighted by Crippen LogP contribution is -2.53. The number of piperazine rings is 1. The Labute approximate surface area is 188 Å². The van der Waals surface area contributed by atoms with Crippen LogP contribution in [0.4, 0.5) is 10.6 Å². The molecule has 2 aliphatic rings. The second-order valence-corrected chi connectivity index (χ2v) is 9.07. The van der Waals surface area contributed by atoms with Crippen molar-refractivity contribution >= 4 is 22.8 Å². The Morgan fingerprint density at radius 2 is 1.66 bits per heavy atom. The maximum Gasteiger partial charge on any atom is 0.317 e. The molecular weight excluding hydrogens is 402 g/mol. The molecule has 2 aromatic heterocycles. The molecule has 0 bridgehead atoms. The fourth-order valence-corrected chi connectivity index (χ4v) is 4.92. The Morgan fingerprint density at radius 3 is 2.34 bits per heavy atom. The molecule has 0 unspecified atom stereocenters. The van der Waals surface area contributed by atoms with Crippen LogP contribution in [0.1, 0.15) is 42.6 Å². The van der Waals surface area contributed by atoms with Gasteiger partial charge in [-0.3, -0.25) is 0 Å². The third-order valence-electron chi connectivity index (χ3n) is 6.81. The largest absolute Gasteiger partial charge is 0.350 e. The molecule has 2 amide bonds. The van der Waals surface area contributed by atoms with E-state index < -0.39 is 0 Å². The van der Waals surface area contributed by atoms with Gasteiger partial charge in [-0.15, -0.1) is 5.10 Å². The molecule has 1 saturated carbocycles. The lowest BCUT2D eigenvalue weighted by Gasteiger charge is -2.35. The predicted molar refractivity (Wildman–Crippen MR) is 125 cm³/mol. The molecule has 3 heterocycles. The van der Waals surface area contributed by atoms with Crippen molar-refractivity contribution < 1.29 is 4.79 Å². The third-order valence-corrected chi connectivity index (χ3v) is 6.81. The Balaban J connectivity index is 1.38. The van der Waals surface area contributed by atoms with Gasteiger partial charge < -0.3 is 15.1 Å². The number of amides is 2. The summed E-state index contributed by atoms with van der Waals surface area (Å²) in [5.74, 6) is 0.801. The number of hydrogen-bond acceptors (Lipinski definition) is 5. The van der Waals surface area contributed by atoms with Crippen LogP contribution >= 0.6 is 0 Å². The summed E-state index contributed by atoms with van der Waals surface area (Å²) in [5.41, 5.74) is 5.07. The average molecular weight is 434 g/mol. The summed E-state index contributed by atoms with van der Waals surface area (Å²) in [6, 6.07) is 8.79. The first-order valence-electron chi connectivity index (χ1n) is 11.6. The van der Waals surface area contributed by atoms with Crippen molar-refractivity contribution in [2.75, 3.05) is 31.1 Å². The number of nitrogens with zero attached hydrogens (tertiary/aromatic N) is 6. The molecule has 3 aromatic rings. The monoisotopic (exact) mass is 433 g/mol. The summed E-state index contributed by atoms with van der Waals surface area (Å²) in [7, 11) is 0. The number of urea groups is 1. The van der Waals surface area contributed by atoms with E-state index in [-0.39, 0.29) is 6.03 Å². The van der Waals surface area contributed by atoms with Gasteiger partial charge in [-0.05, 0) is 45.7 Å². The highest BCUT2D eigenvalue weighted by Gasteiger charge is 2.27. The molecule has 1 aliphatic carbocycles. The molecule has 1 aliphatic heterocycles. The molecular formula is C24H31N7O. The zero-order chi connectivity index (χ0) is 22.2. The number of aryl methyl sites for hydroxylation is 3. The molecule has 5 rings (SSSR count). The van der Waals surface area contributed by atoms with Gasteiger partial charge in [0.25, 0.3) is 0 Å². The van der Waals surface area contributed by atoms with Crippen LogP contribution in [-0.2, 0) is 0 Å². The van der Waals surface area contributed by atoms with Crippen LogP contribution in [0, 0.1) is 20.8 Å². The molecule has 1 N–H and O–H groups in total. The summed E-state index contributed by atoms with van der Waals surface area (Å²) in [5, 5.41) is 18.2. The molecule has 0 spiro atoms. The van der Waals surface area contributed by atoms with Gasteiger partial charge in [0.15, 0.2) is 5.82 Å². The van der Waals surface area contributed by atoms with Crippen LogP contribution in [0.15, 0.2) is 24.3 Å². The van der Waals surface area contributed by atoms with Crippen molar-refractivity contribution in [3.8, 4) is 5.69 Å². The van der Waals surface area contributed by atoms with E-state index in [1.165, 1.54) is 18.4 Å². The topological polar surface area (TPSA) is 79.2 Å². The second kappa shape index (κ2) is 8.41. The number of nitrogens with one attached hydrogen (secondary N) is 1. The van der Waals surface area contributed by atoms with E-state index >= 15 is 0 Å². The van der Waals surface area contributed by atoms with Gasteiger partial charge in [-0.25, -0.2) is 9.48 Å². The Morgan fingerprint density at radius 1 is 0.969 bits per heavy atom. The minimum atomic E-state index is 0.0659. The van der Waals surface area contributed by atoms with Crippen LogP contribution < -0.4 is 10.2 Å². The van der Waals surface area contributed by atoms with E-state index in [4.69, 9.17) is 5.10 Å². The fourth-order valence-electron chi connectivity index (χ4n) is 4.92. The van der Waals surface area contributed by atoms with Gasteiger partial charge in [0.1, 0.15) is 5.52 Å². The summed E-state index contributed by atoms with van der Waals surface area (Å²) >= 11 is 0. The molecule has 2 fully saturated rings. The van der Waals surface area contributed by atoms with Crippen LogP contribution in [0.25, 0.3) is 16.6 Å². The van der Waals surface area contributed by atoms with Gasteiger partial charge in [0.05, 0.1) is 22.5 Å². The average Bonchev–Trinajstić information content (AvgIpc) is 3.43. The quantitative estimate of drug-likeness (QED) is 0.684. The molecule has 168 valence electrons. The molecule has 0 atom stereocenters. The van der Waals surface area contributed by atoms with Crippen molar-refractivity contribution in [1.82, 2.24) is 30.2 Å². The normalized spacial score (nSPS) is 17.3. The van der Waals surface area contributed by atoms with Crippen LogP contribution in [0.3, 0.4) is 0 Å². The van der Waals surface area contributed by atoms with Gasteiger partial charge >= 0.3 is 6.03 Å². The van der Waals surface area contributed by atoms with Crippen molar-refractivity contribution in [1.29, 1.82) is 0 Å². The predicted octanol–water partition coefficient (Wildman–Crippen LogP) is 3.51. The van der Waals surface area contributed by atoms with E-state index in [0.717, 1.165) is 59.7 Å². The maximum atomic E-state index is 12.6. The van der Waals surface area contributed by atoms with E-state index in [1.807, 2.05) is 16.5 Å². The fraction of sp³-hybridized carbons (Fsp3) is 0.500. The number of fused-ring (bicyclic) bond motifs is 1. The van der Waals surface area contributed by atoms with Gasteiger partial charge in [0.2, 0.25) is 0 Å². The number of hydrogen-bond donors (Lipinski definition) is 1. The van der Waals surface area contributed by atoms with E-state index in [2.05, 4.69) is 58.5 Å². The molecule has 0 radical (unpaired) electrons. The molecule has 32 heavy (non-hydrogen) atoms. The summed E-state index contributed by atoms with van der Waals surface area (Å²) < 4.78 is 1.98. The summed E-state index contributed by atoms with van der Waals surface area (Å²) in [4.78, 5) is 16.8. The first-order chi connectivity index (χ1) is 15.5. The van der Waals surface area contributed by atoms with Crippen LogP contribution in [0.2, 0.25) is 0 Å². The Hall–Kier alpha value is -3.16. The lowest BCUT2D eigenvalue weighted by molar-refractivity contribution is 0.190. The number of rotatable bonds is 3. The molecule has 1 aromatic carbocycles. The number of benzene rings is 1. The van der Waals surface area contributed by atoms with Gasteiger partial charge in [-0.2, -0.15) is 10.2 Å². The Kier molecular flexibility index (Phi) is 5.45. The summed E-state index contributed by atoms with van der Waals surface area (Å²) in [6.07, 6.45) is 4.64. The SMILES string of the molecule is Cc1ccc(-n2nc3c(N4CCN(C(=O)NC5CCCC5)CC4)nnc(C)c3c2C)cc1. The number of carbonyl (C=O) groups excluding carboxylic acids is 1. The van der Waals surface area contributed by atoms with Crippen LogP contribution in [0.5, 0.6) is 0 Å². The van der Waals surface area contributed by atoms with Crippen molar-refractivity contribution in [3.63, 3.8) is 0 Å². The Bertz CT molecular complexity index is 1120. The van der Waals surface area contributed by atoms with Crippen molar-refractivity contribution in [2.45, 2.75) is 52.5 Å².